The van der Waals surface area contributed by atoms with Crippen molar-refractivity contribution in [2.45, 2.75) is 50.8 Å². The second-order valence-electron chi connectivity index (χ2n) is 4.62. The molecular formula is C15H21ClO2. The molecule has 1 atom stereocenters. The smallest absolute Gasteiger partial charge is 0.321 e. The number of benzene rings is 1. The highest BCUT2D eigenvalue weighted by molar-refractivity contribution is 6.29. The Bertz CT molecular complexity index is 359. The summed E-state index contributed by atoms with van der Waals surface area (Å²) in [6, 6.07) is 8.42. The van der Waals surface area contributed by atoms with Crippen LogP contribution in [0.5, 0.6) is 0 Å². The highest BCUT2D eigenvalue weighted by Gasteiger charge is 2.12. The Morgan fingerprint density at radius 3 is 2.22 bits per heavy atom. The number of alkyl halides is 1. The fraction of sp³-hybridized carbons (Fsp3) is 0.533. The van der Waals surface area contributed by atoms with Crippen molar-refractivity contribution in [2.75, 3.05) is 0 Å². The number of halogens is 1. The van der Waals surface area contributed by atoms with Crippen molar-refractivity contribution < 1.29 is 9.90 Å². The van der Waals surface area contributed by atoms with E-state index >= 15 is 0 Å². The van der Waals surface area contributed by atoms with Crippen LogP contribution in [0.25, 0.3) is 0 Å². The van der Waals surface area contributed by atoms with Gasteiger partial charge in [-0.2, -0.15) is 0 Å². The molecule has 3 heteroatoms. The Morgan fingerprint density at radius 1 is 1.17 bits per heavy atom. The minimum atomic E-state index is -0.937. The summed E-state index contributed by atoms with van der Waals surface area (Å²) < 4.78 is 0. The molecule has 0 saturated heterocycles. The summed E-state index contributed by atoms with van der Waals surface area (Å²) in [7, 11) is 0. The lowest BCUT2D eigenvalue weighted by molar-refractivity contribution is -0.136. The van der Waals surface area contributed by atoms with Gasteiger partial charge in [-0.1, -0.05) is 44.0 Å². The molecule has 0 aliphatic carbocycles. The predicted octanol–water partition coefficient (Wildman–Crippen LogP) is 4.04. The van der Waals surface area contributed by atoms with Gasteiger partial charge in [0.1, 0.15) is 5.38 Å². The third-order valence-electron chi connectivity index (χ3n) is 3.05. The van der Waals surface area contributed by atoms with E-state index in [0.29, 0.717) is 6.42 Å². The average Bonchev–Trinajstić information content (AvgIpc) is 2.37. The van der Waals surface area contributed by atoms with E-state index in [0.717, 1.165) is 18.4 Å². The first kappa shape index (κ1) is 15.0. The zero-order chi connectivity index (χ0) is 13.4. The van der Waals surface area contributed by atoms with E-state index < -0.39 is 11.3 Å². The molecule has 0 aliphatic rings. The molecule has 1 unspecified atom stereocenters. The lowest BCUT2D eigenvalue weighted by Gasteiger charge is -2.06. The van der Waals surface area contributed by atoms with Crippen molar-refractivity contribution in [1.82, 2.24) is 0 Å². The SMILES string of the molecule is CCCCCc1ccc(CCC(Cl)C(=O)O)cc1. The Balaban J connectivity index is 2.38. The molecule has 0 saturated carbocycles. The highest BCUT2D eigenvalue weighted by Crippen LogP contribution is 2.12. The molecule has 0 aromatic heterocycles. The van der Waals surface area contributed by atoms with Crippen LogP contribution in [0.3, 0.4) is 0 Å². The number of hydrogen-bond donors (Lipinski definition) is 1. The van der Waals surface area contributed by atoms with E-state index in [1.807, 2.05) is 0 Å². The second kappa shape index (κ2) is 8.15. The van der Waals surface area contributed by atoms with Gasteiger partial charge in [-0.05, 0) is 36.8 Å². The van der Waals surface area contributed by atoms with Crippen LogP contribution >= 0.6 is 11.6 Å². The van der Waals surface area contributed by atoms with Crippen LogP contribution in [-0.4, -0.2) is 16.5 Å². The first-order valence-corrected chi connectivity index (χ1v) is 7.01. The Hall–Kier alpha value is -1.02. The van der Waals surface area contributed by atoms with Crippen LogP contribution in [-0.2, 0) is 17.6 Å². The number of rotatable bonds is 8. The van der Waals surface area contributed by atoms with E-state index in [-0.39, 0.29) is 0 Å². The highest BCUT2D eigenvalue weighted by atomic mass is 35.5. The molecule has 0 radical (unpaired) electrons. The van der Waals surface area contributed by atoms with Crippen LogP contribution < -0.4 is 0 Å². The lowest BCUT2D eigenvalue weighted by atomic mass is 10.0. The number of aryl methyl sites for hydroxylation is 2. The Labute approximate surface area is 114 Å². The zero-order valence-electron chi connectivity index (χ0n) is 10.9. The van der Waals surface area contributed by atoms with Gasteiger partial charge in [0.2, 0.25) is 0 Å². The first-order chi connectivity index (χ1) is 8.63. The predicted molar refractivity (Wildman–Crippen MR) is 75.3 cm³/mol. The first-order valence-electron chi connectivity index (χ1n) is 6.58. The van der Waals surface area contributed by atoms with Gasteiger partial charge in [0.05, 0.1) is 0 Å². The molecular weight excluding hydrogens is 248 g/mol. The maximum Gasteiger partial charge on any atom is 0.321 e. The molecule has 1 aromatic rings. The summed E-state index contributed by atoms with van der Waals surface area (Å²) in [5.41, 5.74) is 2.51. The number of unbranched alkanes of at least 4 members (excludes halogenated alkanes) is 2. The topological polar surface area (TPSA) is 37.3 Å². The van der Waals surface area contributed by atoms with Gasteiger partial charge in [0.15, 0.2) is 0 Å². The van der Waals surface area contributed by atoms with Crippen LogP contribution in [0.1, 0.15) is 43.7 Å². The van der Waals surface area contributed by atoms with Crippen molar-refractivity contribution in [3.8, 4) is 0 Å². The molecule has 0 amide bonds. The normalized spacial score (nSPS) is 12.3. The average molecular weight is 269 g/mol. The van der Waals surface area contributed by atoms with Crippen LogP contribution in [0.15, 0.2) is 24.3 Å². The third kappa shape index (κ3) is 5.54. The number of carboxylic acids is 1. The van der Waals surface area contributed by atoms with Gasteiger partial charge in [-0.3, -0.25) is 4.79 Å². The van der Waals surface area contributed by atoms with E-state index in [2.05, 4.69) is 31.2 Å². The van der Waals surface area contributed by atoms with Gasteiger partial charge < -0.3 is 5.11 Å². The van der Waals surface area contributed by atoms with Gasteiger partial charge in [-0.25, -0.2) is 0 Å². The fourth-order valence-corrected chi connectivity index (χ4v) is 1.98. The molecule has 0 heterocycles. The second-order valence-corrected chi connectivity index (χ2v) is 5.14. The zero-order valence-corrected chi connectivity index (χ0v) is 11.6. The molecule has 100 valence electrons. The summed E-state index contributed by atoms with van der Waals surface area (Å²) in [5.74, 6) is -0.937. The largest absolute Gasteiger partial charge is 0.480 e. The number of hydrogen-bond acceptors (Lipinski definition) is 1. The monoisotopic (exact) mass is 268 g/mol. The number of carbonyl (C=O) groups is 1. The van der Waals surface area contributed by atoms with Gasteiger partial charge in [-0.15, -0.1) is 11.6 Å². The standard InChI is InChI=1S/C15H21ClO2/c1-2-3-4-5-12-6-8-13(9-7-12)10-11-14(16)15(17)18/h6-9,14H,2-5,10-11H2,1H3,(H,17,18). The third-order valence-corrected chi connectivity index (χ3v) is 3.45. The van der Waals surface area contributed by atoms with Gasteiger partial charge in [0, 0.05) is 0 Å². The summed E-state index contributed by atoms with van der Waals surface area (Å²) >= 11 is 5.68. The molecule has 0 spiro atoms. The summed E-state index contributed by atoms with van der Waals surface area (Å²) in [5, 5.41) is 7.91. The molecule has 18 heavy (non-hydrogen) atoms. The van der Waals surface area contributed by atoms with E-state index in [9.17, 15) is 4.79 Å². The Kier molecular flexibility index (Phi) is 6.81. The van der Waals surface area contributed by atoms with Crippen molar-refractivity contribution >= 4 is 17.6 Å². The van der Waals surface area contributed by atoms with E-state index in [1.54, 1.807) is 0 Å². The summed E-state index contributed by atoms with van der Waals surface area (Å²) in [4.78, 5) is 10.6. The lowest BCUT2D eigenvalue weighted by Crippen LogP contribution is -2.13. The molecule has 0 bridgehead atoms. The number of aliphatic carboxylic acids is 1. The van der Waals surface area contributed by atoms with Crippen molar-refractivity contribution in [3.05, 3.63) is 35.4 Å². The van der Waals surface area contributed by atoms with Crippen LogP contribution in [0.4, 0.5) is 0 Å². The summed E-state index contributed by atoms with van der Waals surface area (Å²) in [6.07, 6.45) is 6.07. The Morgan fingerprint density at radius 2 is 1.72 bits per heavy atom. The van der Waals surface area contributed by atoms with Gasteiger partial charge >= 0.3 is 5.97 Å². The van der Waals surface area contributed by atoms with Gasteiger partial charge in [0.25, 0.3) is 0 Å². The van der Waals surface area contributed by atoms with Crippen molar-refractivity contribution in [1.29, 1.82) is 0 Å². The summed E-state index contributed by atoms with van der Waals surface area (Å²) in [6.45, 7) is 2.20. The quantitative estimate of drug-likeness (QED) is 0.571. The van der Waals surface area contributed by atoms with Crippen LogP contribution in [0.2, 0.25) is 0 Å². The minimum absolute atomic E-state index is 0.478. The van der Waals surface area contributed by atoms with E-state index in [4.69, 9.17) is 16.7 Å². The molecule has 2 nitrogen and oxygen atoms in total. The van der Waals surface area contributed by atoms with Crippen molar-refractivity contribution in [2.24, 2.45) is 0 Å². The molecule has 1 aromatic carbocycles. The molecule has 1 rings (SSSR count). The molecule has 0 aliphatic heterocycles. The van der Waals surface area contributed by atoms with E-state index in [1.165, 1.54) is 24.8 Å². The van der Waals surface area contributed by atoms with Crippen molar-refractivity contribution in [3.63, 3.8) is 0 Å². The maximum absolute atomic E-state index is 10.6. The number of carboxylic acid groups (broad SMARTS) is 1. The molecule has 1 N–H and O–H groups in total. The minimum Gasteiger partial charge on any atom is -0.480 e. The maximum atomic E-state index is 10.6. The molecule has 0 fully saturated rings. The van der Waals surface area contributed by atoms with Crippen LogP contribution in [0, 0.1) is 0 Å². The fourth-order valence-electron chi connectivity index (χ4n) is 1.87.